The van der Waals surface area contributed by atoms with E-state index in [4.69, 9.17) is 9.47 Å². The van der Waals surface area contributed by atoms with E-state index in [0.717, 1.165) is 12.8 Å². The predicted octanol–water partition coefficient (Wildman–Crippen LogP) is -0.0290. The van der Waals surface area contributed by atoms with Gasteiger partial charge in [-0.25, -0.2) is 4.98 Å². The molecule has 2 amide bonds. The van der Waals surface area contributed by atoms with E-state index in [9.17, 15) is 9.59 Å². The van der Waals surface area contributed by atoms with Crippen LogP contribution in [-0.2, 0) is 25.6 Å². The molecular formula is C17H27N5O4. The Hall–Kier alpha value is -2.00. The molecule has 0 spiro atoms. The third kappa shape index (κ3) is 5.50. The minimum Gasteiger partial charge on any atom is -0.381 e. The summed E-state index contributed by atoms with van der Waals surface area (Å²) in [6.07, 6.45) is 6.22. The van der Waals surface area contributed by atoms with Crippen molar-refractivity contribution in [3.05, 3.63) is 12.7 Å². The van der Waals surface area contributed by atoms with Crippen molar-refractivity contribution in [2.75, 3.05) is 33.0 Å². The zero-order valence-corrected chi connectivity index (χ0v) is 15.0. The Kier molecular flexibility index (Phi) is 6.96. The van der Waals surface area contributed by atoms with Gasteiger partial charge >= 0.3 is 0 Å². The molecule has 0 aliphatic carbocycles. The van der Waals surface area contributed by atoms with Gasteiger partial charge in [0.15, 0.2) is 0 Å². The number of hydrogen-bond donors (Lipinski definition) is 1. The summed E-state index contributed by atoms with van der Waals surface area (Å²) in [6, 6.07) is -0.0185. The van der Waals surface area contributed by atoms with Gasteiger partial charge in [-0.2, -0.15) is 5.10 Å². The second-order valence-corrected chi connectivity index (χ2v) is 6.74. The predicted molar refractivity (Wildman–Crippen MR) is 92.2 cm³/mol. The Morgan fingerprint density at radius 1 is 1.19 bits per heavy atom. The van der Waals surface area contributed by atoms with Crippen LogP contribution < -0.4 is 5.32 Å². The molecule has 1 aromatic rings. The largest absolute Gasteiger partial charge is 0.381 e. The van der Waals surface area contributed by atoms with Gasteiger partial charge in [-0.15, -0.1) is 0 Å². The average Bonchev–Trinajstić information content (AvgIpc) is 3.16. The second-order valence-electron chi connectivity index (χ2n) is 6.74. The van der Waals surface area contributed by atoms with Crippen molar-refractivity contribution in [3.63, 3.8) is 0 Å². The first-order chi connectivity index (χ1) is 12.7. The fourth-order valence-electron chi connectivity index (χ4n) is 3.38. The average molecular weight is 365 g/mol. The highest BCUT2D eigenvalue weighted by molar-refractivity contribution is 5.80. The Labute approximate surface area is 153 Å². The van der Waals surface area contributed by atoms with Crippen molar-refractivity contribution in [1.29, 1.82) is 0 Å². The molecule has 3 heterocycles. The number of morpholine rings is 1. The molecule has 0 bridgehead atoms. The minimum atomic E-state index is -0.192. The van der Waals surface area contributed by atoms with Crippen LogP contribution in [-0.4, -0.2) is 76.5 Å². The van der Waals surface area contributed by atoms with Gasteiger partial charge in [0, 0.05) is 45.2 Å². The lowest BCUT2D eigenvalue weighted by atomic mass is 10.1. The summed E-state index contributed by atoms with van der Waals surface area (Å²) in [5.74, 6) is 0.0464. The fraction of sp³-hybridized carbons (Fsp3) is 0.765. The van der Waals surface area contributed by atoms with E-state index in [1.807, 2.05) is 0 Å². The number of nitrogens with one attached hydrogen (secondary N) is 1. The summed E-state index contributed by atoms with van der Waals surface area (Å²) in [5, 5.41) is 7.09. The highest BCUT2D eigenvalue weighted by Crippen LogP contribution is 2.14. The first-order valence-electron chi connectivity index (χ1n) is 9.29. The van der Waals surface area contributed by atoms with Crippen LogP contribution in [0.15, 0.2) is 12.7 Å². The van der Waals surface area contributed by atoms with Crippen molar-refractivity contribution in [3.8, 4) is 0 Å². The van der Waals surface area contributed by atoms with Gasteiger partial charge in [-0.1, -0.05) is 0 Å². The highest BCUT2D eigenvalue weighted by Gasteiger charge is 2.29. The lowest BCUT2D eigenvalue weighted by Crippen LogP contribution is -2.51. The number of nitrogens with zero attached hydrogens (tertiary/aromatic N) is 4. The summed E-state index contributed by atoms with van der Waals surface area (Å²) < 4.78 is 12.5. The molecule has 2 aliphatic heterocycles. The van der Waals surface area contributed by atoms with E-state index in [1.54, 1.807) is 15.9 Å². The number of rotatable bonds is 7. The summed E-state index contributed by atoms with van der Waals surface area (Å²) >= 11 is 0. The highest BCUT2D eigenvalue weighted by atomic mass is 16.5. The van der Waals surface area contributed by atoms with Crippen molar-refractivity contribution in [2.24, 2.45) is 0 Å². The van der Waals surface area contributed by atoms with Crippen molar-refractivity contribution in [1.82, 2.24) is 25.0 Å². The first-order valence-corrected chi connectivity index (χ1v) is 9.29. The quantitative estimate of drug-likeness (QED) is 0.729. The molecule has 144 valence electrons. The SMILES string of the molecule is O=C(CC1COCCN1C(=O)CCCn1cncn1)NC1CCOCC1. The smallest absolute Gasteiger partial charge is 0.223 e. The molecule has 0 saturated carbocycles. The number of carbonyl (C=O) groups is 2. The van der Waals surface area contributed by atoms with E-state index in [-0.39, 0.29) is 30.3 Å². The van der Waals surface area contributed by atoms with Gasteiger partial charge in [0.1, 0.15) is 12.7 Å². The number of hydrogen-bond acceptors (Lipinski definition) is 6. The molecule has 2 fully saturated rings. The fourth-order valence-corrected chi connectivity index (χ4v) is 3.38. The monoisotopic (exact) mass is 365 g/mol. The Morgan fingerprint density at radius 2 is 2.04 bits per heavy atom. The van der Waals surface area contributed by atoms with Crippen LogP contribution in [0, 0.1) is 0 Å². The van der Waals surface area contributed by atoms with Crippen LogP contribution in [0.5, 0.6) is 0 Å². The van der Waals surface area contributed by atoms with Gasteiger partial charge in [-0.3, -0.25) is 14.3 Å². The third-order valence-electron chi connectivity index (χ3n) is 4.80. The number of ether oxygens (including phenoxy) is 2. The number of aromatic nitrogens is 3. The molecule has 1 aromatic heterocycles. The molecule has 1 atom stereocenters. The maximum Gasteiger partial charge on any atom is 0.223 e. The Balaban J connectivity index is 1.45. The van der Waals surface area contributed by atoms with Gasteiger partial charge in [0.2, 0.25) is 11.8 Å². The minimum absolute atomic E-state index is 0.0205. The normalized spacial score (nSPS) is 21.5. The maximum atomic E-state index is 12.6. The van der Waals surface area contributed by atoms with E-state index in [1.165, 1.54) is 6.33 Å². The van der Waals surface area contributed by atoms with Crippen molar-refractivity contribution >= 4 is 11.8 Å². The van der Waals surface area contributed by atoms with Gasteiger partial charge < -0.3 is 19.7 Å². The van der Waals surface area contributed by atoms with Crippen LogP contribution in [0.1, 0.15) is 32.1 Å². The van der Waals surface area contributed by atoms with Crippen LogP contribution in [0.3, 0.4) is 0 Å². The van der Waals surface area contributed by atoms with Gasteiger partial charge in [0.25, 0.3) is 0 Å². The molecule has 2 saturated heterocycles. The molecule has 2 aliphatic rings. The summed E-state index contributed by atoms with van der Waals surface area (Å²) in [5.41, 5.74) is 0. The standard InChI is InChI=1S/C17H27N5O4/c23-16(20-14-3-7-25-8-4-14)10-15-11-26-9-6-22(15)17(24)2-1-5-21-13-18-12-19-21/h12-15H,1-11H2,(H,20,23). The number of carbonyl (C=O) groups excluding carboxylic acids is 2. The first kappa shape index (κ1) is 18.8. The molecule has 1 unspecified atom stereocenters. The summed E-state index contributed by atoms with van der Waals surface area (Å²) in [4.78, 5) is 30.6. The van der Waals surface area contributed by atoms with E-state index in [0.29, 0.717) is 52.4 Å². The lowest BCUT2D eigenvalue weighted by molar-refractivity contribution is -0.142. The van der Waals surface area contributed by atoms with E-state index >= 15 is 0 Å². The second kappa shape index (κ2) is 9.63. The van der Waals surface area contributed by atoms with Crippen LogP contribution in [0.2, 0.25) is 0 Å². The molecule has 9 nitrogen and oxygen atoms in total. The number of aryl methyl sites for hydroxylation is 1. The Bertz CT molecular complexity index is 574. The topological polar surface area (TPSA) is 98.6 Å². The van der Waals surface area contributed by atoms with E-state index in [2.05, 4.69) is 15.4 Å². The molecule has 0 radical (unpaired) electrons. The summed E-state index contributed by atoms with van der Waals surface area (Å²) in [6.45, 7) is 3.51. The van der Waals surface area contributed by atoms with Crippen molar-refractivity contribution < 1.29 is 19.1 Å². The molecule has 0 aromatic carbocycles. The van der Waals surface area contributed by atoms with Crippen molar-refractivity contribution in [2.45, 2.75) is 50.7 Å². The van der Waals surface area contributed by atoms with E-state index < -0.39 is 0 Å². The third-order valence-corrected chi connectivity index (χ3v) is 4.80. The van der Waals surface area contributed by atoms with Gasteiger partial charge in [0.05, 0.1) is 19.3 Å². The molecule has 1 N–H and O–H groups in total. The summed E-state index contributed by atoms with van der Waals surface area (Å²) in [7, 11) is 0. The maximum absolute atomic E-state index is 12.6. The van der Waals surface area contributed by atoms with Gasteiger partial charge in [-0.05, 0) is 19.3 Å². The van der Waals surface area contributed by atoms with Crippen LogP contribution in [0.25, 0.3) is 0 Å². The van der Waals surface area contributed by atoms with Crippen LogP contribution in [0.4, 0.5) is 0 Å². The zero-order valence-electron chi connectivity index (χ0n) is 15.0. The molecular weight excluding hydrogens is 338 g/mol. The molecule has 26 heavy (non-hydrogen) atoms. The molecule has 9 heteroatoms. The zero-order chi connectivity index (χ0) is 18.2. The molecule has 3 rings (SSSR count). The lowest BCUT2D eigenvalue weighted by Gasteiger charge is -2.36. The Morgan fingerprint density at radius 3 is 2.81 bits per heavy atom. The van der Waals surface area contributed by atoms with Crippen LogP contribution >= 0.6 is 0 Å². The number of amides is 2.